The van der Waals surface area contributed by atoms with E-state index in [1.165, 1.54) is 13.3 Å². The zero-order chi connectivity index (χ0) is 14.4. The van der Waals surface area contributed by atoms with Crippen molar-refractivity contribution < 1.29 is 14.6 Å². The van der Waals surface area contributed by atoms with E-state index in [1.54, 1.807) is 0 Å². The Labute approximate surface area is 117 Å². The molecule has 106 valence electrons. The lowest BCUT2D eigenvalue weighted by molar-refractivity contribution is 0.0608. The van der Waals surface area contributed by atoms with Crippen LogP contribution in [0.4, 0.5) is 0 Å². The van der Waals surface area contributed by atoms with E-state index < -0.39 is 12.0 Å². The van der Waals surface area contributed by atoms with E-state index in [2.05, 4.69) is 15.3 Å². The van der Waals surface area contributed by atoms with Crippen LogP contribution in [0.5, 0.6) is 0 Å². The molecule has 0 aromatic carbocycles. The van der Waals surface area contributed by atoms with Crippen LogP contribution in [0.25, 0.3) is 0 Å². The van der Waals surface area contributed by atoms with E-state index in [1.807, 2.05) is 13.8 Å². The summed E-state index contributed by atoms with van der Waals surface area (Å²) < 4.78 is 4.76. The van der Waals surface area contributed by atoms with Gasteiger partial charge in [-0.05, 0) is 0 Å². The van der Waals surface area contributed by atoms with Crippen LogP contribution in [0.3, 0.4) is 0 Å². The molecule has 1 unspecified atom stereocenters. The Hall–Kier alpha value is -1.24. The molecule has 1 rings (SSSR count). The highest BCUT2D eigenvalue weighted by Gasteiger charge is 2.16. The predicted octanol–water partition coefficient (Wildman–Crippen LogP) is 0.990. The summed E-state index contributed by atoms with van der Waals surface area (Å²) in [6.45, 7) is 4.07. The fourth-order valence-electron chi connectivity index (χ4n) is 1.36. The Morgan fingerprint density at radius 1 is 1.58 bits per heavy atom. The van der Waals surface area contributed by atoms with Crippen LogP contribution in [-0.4, -0.2) is 47.3 Å². The van der Waals surface area contributed by atoms with Gasteiger partial charge in [0.15, 0.2) is 0 Å². The molecule has 6 nitrogen and oxygen atoms in total. The Balaban J connectivity index is 2.73. The molecule has 2 N–H and O–H groups in total. The number of nitrogens with zero attached hydrogens (tertiary/aromatic N) is 2. The summed E-state index contributed by atoms with van der Waals surface area (Å²) >= 11 is 5.90. The molecule has 0 spiro atoms. The van der Waals surface area contributed by atoms with Crippen molar-refractivity contribution in [3.63, 3.8) is 0 Å². The zero-order valence-corrected chi connectivity index (χ0v) is 11.9. The third-order valence-corrected chi connectivity index (χ3v) is 2.63. The quantitative estimate of drug-likeness (QED) is 0.815. The summed E-state index contributed by atoms with van der Waals surface area (Å²) in [5.41, 5.74) is 0.116. The molecule has 0 aliphatic heterocycles. The minimum absolute atomic E-state index is 0.0734. The molecule has 1 aromatic rings. The van der Waals surface area contributed by atoms with Gasteiger partial charge in [-0.25, -0.2) is 9.97 Å². The lowest BCUT2D eigenvalue weighted by Crippen LogP contribution is -2.35. The molecular formula is C12H18ClN3O3. The standard InChI is InChI=1S/C12H18ClN3O3/c1-7(2)11-14-5-9(13)10(16-11)12(18)15-4-8(17)6-19-3/h5,7-8,17H,4,6H2,1-3H3,(H,15,18). The zero-order valence-electron chi connectivity index (χ0n) is 11.2. The first-order chi connectivity index (χ1) is 8.95. The number of nitrogens with one attached hydrogen (secondary N) is 1. The molecular weight excluding hydrogens is 270 g/mol. The second kappa shape index (κ2) is 7.37. The first-order valence-electron chi connectivity index (χ1n) is 5.93. The molecule has 0 aliphatic carbocycles. The minimum Gasteiger partial charge on any atom is -0.389 e. The molecule has 0 saturated heterocycles. The SMILES string of the molecule is COCC(O)CNC(=O)c1nc(C(C)C)ncc1Cl. The smallest absolute Gasteiger partial charge is 0.271 e. The highest BCUT2D eigenvalue weighted by molar-refractivity contribution is 6.33. The number of carbonyl (C=O) groups is 1. The van der Waals surface area contributed by atoms with Crippen molar-refractivity contribution in [3.05, 3.63) is 22.7 Å². The number of hydrogen-bond acceptors (Lipinski definition) is 5. The van der Waals surface area contributed by atoms with Crippen LogP contribution in [-0.2, 0) is 4.74 Å². The molecule has 0 fully saturated rings. The summed E-state index contributed by atoms with van der Waals surface area (Å²) in [7, 11) is 1.47. The number of rotatable bonds is 6. The monoisotopic (exact) mass is 287 g/mol. The van der Waals surface area contributed by atoms with Crippen LogP contribution in [0, 0.1) is 0 Å². The topological polar surface area (TPSA) is 84.3 Å². The number of carbonyl (C=O) groups excluding carboxylic acids is 1. The summed E-state index contributed by atoms with van der Waals surface area (Å²) in [6, 6.07) is 0. The molecule has 19 heavy (non-hydrogen) atoms. The van der Waals surface area contributed by atoms with Crippen molar-refractivity contribution in [2.24, 2.45) is 0 Å². The summed E-state index contributed by atoms with van der Waals surface area (Å²) in [5.74, 6) is 0.208. The minimum atomic E-state index is -0.765. The van der Waals surface area contributed by atoms with Gasteiger partial charge >= 0.3 is 0 Å². The fraction of sp³-hybridized carbons (Fsp3) is 0.583. The summed E-state index contributed by atoms with van der Waals surface area (Å²) in [4.78, 5) is 20.1. The number of halogens is 1. The lowest BCUT2D eigenvalue weighted by Gasteiger charge is -2.12. The van der Waals surface area contributed by atoms with Crippen molar-refractivity contribution in [1.82, 2.24) is 15.3 Å². The van der Waals surface area contributed by atoms with Crippen LogP contribution in [0.1, 0.15) is 36.1 Å². The Kier molecular flexibility index (Phi) is 6.14. The highest BCUT2D eigenvalue weighted by atomic mass is 35.5. The molecule has 0 aliphatic rings. The van der Waals surface area contributed by atoms with Gasteiger partial charge in [0.1, 0.15) is 11.5 Å². The van der Waals surface area contributed by atoms with Crippen LogP contribution < -0.4 is 5.32 Å². The summed E-state index contributed by atoms with van der Waals surface area (Å²) in [6.07, 6.45) is 0.642. The van der Waals surface area contributed by atoms with Gasteiger partial charge in [0, 0.05) is 19.6 Å². The molecule has 0 radical (unpaired) electrons. The third kappa shape index (κ3) is 4.74. The molecule has 1 atom stereocenters. The van der Waals surface area contributed by atoms with Crippen LogP contribution in [0.15, 0.2) is 6.20 Å². The molecule has 1 heterocycles. The maximum absolute atomic E-state index is 11.9. The van der Waals surface area contributed by atoms with Gasteiger partial charge in [0.25, 0.3) is 5.91 Å². The first kappa shape index (κ1) is 15.8. The van der Waals surface area contributed by atoms with Gasteiger partial charge in [-0.2, -0.15) is 0 Å². The number of amides is 1. The second-order valence-corrected chi connectivity index (χ2v) is 4.81. The normalized spacial score (nSPS) is 12.5. The van der Waals surface area contributed by atoms with Gasteiger partial charge in [-0.1, -0.05) is 25.4 Å². The number of ether oxygens (including phenoxy) is 1. The van der Waals surface area contributed by atoms with E-state index in [4.69, 9.17) is 16.3 Å². The highest BCUT2D eigenvalue weighted by Crippen LogP contribution is 2.16. The van der Waals surface area contributed by atoms with Crippen molar-refractivity contribution >= 4 is 17.5 Å². The maximum Gasteiger partial charge on any atom is 0.271 e. The van der Waals surface area contributed by atoms with Crippen molar-refractivity contribution in [2.45, 2.75) is 25.9 Å². The Bertz CT molecular complexity index is 440. The third-order valence-electron chi connectivity index (χ3n) is 2.35. The molecule has 0 bridgehead atoms. The predicted molar refractivity (Wildman–Crippen MR) is 71.3 cm³/mol. The number of aliphatic hydroxyl groups is 1. The van der Waals surface area contributed by atoms with Gasteiger partial charge in [0.05, 0.1) is 23.9 Å². The van der Waals surface area contributed by atoms with Gasteiger partial charge in [0.2, 0.25) is 0 Å². The van der Waals surface area contributed by atoms with Gasteiger partial charge < -0.3 is 15.2 Å². The second-order valence-electron chi connectivity index (χ2n) is 4.40. The van der Waals surface area contributed by atoms with E-state index in [9.17, 15) is 9.90 Å². The van der Waals surface area contributed by atoms with Gasteiger partial charge in [-0.15, -0.1) is 0 Å². The van der Waals surface area contributed by atoms with Crippen LogP contribution >= 0.6 is 11.6 Å². The number of aromatic nitrogens is 2. The molecule has 0 saturated carbocycles. The lowest BCUT2D eigenvalue weighted by atomic mass is 10.2. The fourth-order valence-corrected chi connectivity index (χ4v) is 1.54. The van der Waals surface area contributed by atoms with E-state index in [0.29, 0.717) is 5.82 Å². The summed E-state index contributed by atoms with van der Waals surface area (Å²) in [5, 5.41) is 12.2. The molecule has 1 aromatic heterocycles. The average molecular weight is 288 g/mol. The Morgan fingerprint density at radius 3 is 2.84 bits per heavy atom. The number of methoxy groups -OCH3 is 1. The molecule has 1 amide bonds. The molecule has 7 heteroatoms. The van der Waals surface area contributed by atoms with E-state index in [-0.39, 0.29) is 29.8 Å². The maximum atomic E-state index is 11.9. The van der Waals surface area contributed by atoms with Crippen molar-refractivity contribution in [1.29, 1.82) is 0 Å². The largest absolute Gasteiger partial charge is 0.389 e. The van der Waals surface area contributed by atoms with Crippen molar-refractivity contribution in [2.75, 3.05) is 20.3 Å². The van der Waals surface area contributed by atoms with Crippen LogP contribution in [0.2, 0.25) is 5.02 Å². The van der Waals surface area contributed by atoms with Crippen molar-refractivity contribution in [3.8, 4) is 0 Å². The Morgan fingerprint density at radius 2 is 2.26 bits per heavy atom. The number of hydrogen-bond donors (Lipinski definition) is 2. The number of aliphatic hydroxyl groups excluding tert-OH is 1. The van der Waals surface area contributed by atoms with E-state index in [0.717, 1.165) is 0 Å². The average Bonchev–Trinajstić information content (AvgIpc) is 2.36. The first-order valence-corrected chi connectivity index (χ1v) is 6.31. The van der Waals surface area contributed by atoms with Gasteiger partial charge in [-0.3, -0.25) is 4.79 Å². The van der Waals surface area contributed by atoms with E-state index >= 15 is 0 Å².